The Morgan fingerprint density at radius 3 is 3.18 bits per heavy atom. The topological polar surface area (TPSA) is 83.6 Å². The Bertz CT molecular complexity index is 491. The van der Waals surface area contributed by atoms with Crippen molar-refractivity contribution >= 4 is 23.3 Å². The summed E-state index contributed by atoms with van der Waals surface area (Å²) in [5.41, 5.74) is 0. The third-order valence-electron chi connectivity index (χ3n) is 2.05. The second kappa shape index (κ2) is 5.35. The van der Waals surface area contributed by atoms with Crippen molar-refractivity contribution in [1.82, 2.24) is 25.9 Å². The first kappa shape index (κ1) is 11.5. The highest BCUT2D eigenvalue weighted by Gasteiger charge is 2.11. The van der Waals surface area contributed by atoms with E-state index in [2.05, 4.69) is 25.9 Å². The van der Waals surface area contributed by atoms with Gasteiger partial charge >= 0.3 is 0 Å². The Morgan fingerprint density at radius 2 is 2.53 bits per heavy atom. The number of aromatic nitrogens is 4. The van der Waals surface area contributed by atoms with E-state index in [0.717, 1.165) is 4.88 Å². The van der Waals surface area contributed by atoms with Crippen molar-refractivity contribution in [2.24, 2.45) is 0 Å². The highest BCUT2D eigenvalue weighted by atomic mass is 32.1. The molecule has 88 valence electrons. The molecule has 0 aromatic carbocycles. The number of nitrogens with one attached hydrogen (secondary N) is 2. The molecule has 0 aliphatic carbocycles. The van der Waals surface area contributed by atoms with Gasteiger partial charge in [0.2, 0.25) is 5.91 Å². The molecular formula is C10H11N5OS. The van der Waals surface area contributed by atoms with Gasteiger partial charge in [0.25, 0.3) is 0 Å². The summed E-state index contributed by atoms with van der Waals surface area (Å²) < 4.78 is 0. The van der Waals surface area contributed by atoms with E-state index in [1.165, 1.54) is 6.08 Å². The summed E-state index contributed by atoms with van der Waals surface area (Å²) in [4.78, 5) is 12.6. The second-order valence-electron chi connectivity index (χ2n) is 3.35. The van der Waals surface area contributed by atoms with Crippen molar-refractivity contribution in [2.75, 3.05) is 0 Å². The molecule has 0 fully saturated rings. The molecule has 0 bridgehead atoms. The maximum atomic E-state index is 11.6. The fourth-order valence-corrected chi connectivity index (χ4v) is 1.84. The lowest BCUT2D eigenvalue weighted by Crippen LogP contribution is -2.25. The maximum Gasteiger partial charge on any atom is 0.244 e. The molecule has 0 aliphatic heterocycles. The van der Waals surface area contributed by atoms with Gasteiger partial charge in [-0.15, -0.1) is 21.5 Å². The van der Waals surface area contributed by atoms with Crippen LogP contribution in [0, 0.1) is 0 Å². The molecule has 17 heavy (non-hydrogen) atoms. The van der Waals surface area contributed by atoms with Crippen LogP contribution in [-0.4, -0.2) is 26.5 Å². The third kappa shape index (κ3) is 3.22. The zero-order valence-electron chi connectivity index (χ0n) is 9.12. The molecule has 0 spiro atoms. The van der Waals surface area contributed by atoms with Crippen LogP contribution in [0.1, 0.15) is 23.7 Å². The summed E-state index contributed by atoms with van der Waals surface area (Å²) >= 11 is 1.58. The Kier molecular flexibility index (Phi) is 3.61. The van der Waals surface area contributed by atoms with E-state index in [4.69, 9.17) is 0 Å². The fourth-order valence-electron chi connectivity index (χ4n) is 1.22. The van der Waals surface area contributed by atoms with Crippen LogP contribution in [0.2, 0.25) is 0 Å². The molecule has 6 nitrogen and oxygen atoms in total. The number of hydrogen-bond donors (Lipinski definition) is 2. The van der Waals surface area contributed by atoms with Crippen LogP contribution >= 0.6 is 11.3 Å². The monoisotopic (exact) mass is 249 g/mol. The molecule has 7 heteroatoms. The minimum absolute atomic E-state index is 0.185. The standard InChI is InChI=1S/C10H11N5OS/c1-7(10-12-14-15-13-10)11-9(16)5-4-8-3-2-6-17-8/h2-7H,1H3,(H,11,16)(H,12,13,14,15). The highest BCUT2D eigenvalue weighted by molar-refractivity contribution is 7.10. The van der Waals surface area contributed by atoms with Gasteiger partial charge in [0.05, 0.1) is 6.04 Å². The molecule has 2 aromatic heterocycles. The number of nitrogens with zero attached hydrogens (tertiary/aromatic N) is 3. The minimum atomic E-state index is -0.269. The zero-order chi connectivity index (χ0) is 12.1. The van der Waals surface area contributed by atoms with E-state index >= 15 is 0 Å². The molecule has 1 unspecified atom stereocenters. The van der Waals surface area contributed by atoms with Crippen LogP contribution in [0.15, 0.2) is 23.6 Å². The van der Waals surface area contributed by atoms with E-state index in [1.54, 1.807) is 24.3 Å². The van der Waals surface area contributed by atoms with Gasteiger partial charge in [-0.25, -0.2) is 0 Å². The normalized spacial score (nSPS) is 12.8. The third-order valence-corrected chi connectivity index (χ3v) is 2.89. The van der Waals surface area contributed by atoms with E-state index in [9.17, 15) is 4.79 Å². The van der Waals surface area contributed by atoms with Gasteiger partial charge in [-0.05, 0) is 24.4 Å². The summed E-state index contributed by atoms with van der Waals surface area (Å²) in [6.45, 7) is 1.79. The van der Waals surface area contributed by atoms with Crippen molar-refractivity contribution < 1.29 is 4.79 Å². The molecule has 2 heterocycles. The van der Waals surface area contributed by atoms with E-state index in [-0.39, 0.29) is 11.9 Å². The van der Waals surface area contributed by atoms with Crippen LogP contribution in [0.4, 0.5) is 0 Å². The second-order valence-corrected chi connectivity index (χ2v) is 4.33. The van der Waals surface area contributed by atoms with E-state index in [0.29, 0.717) is 5.82 Å². The van der Waals surface area contributed by atoms with Gasteiger partial charge in [-0.2, -0.15) is 5.21 Å². The van der Waals surface area contributed by atoms with Gasteiger partial charge in [-0.3, -0.25) is 4.79 Å². The first-order valence-corrected chi connectivity index (χ1v) is 5.89. The first-order chi connectivity index (χ1) is 8.25. The van der Waals surface area contributed by atoms with Crippen LogP contribution < -0.4 is 5.32 Å². The summed E-state index contributed by atoms with van der Waals surface area (Å²) in [6.07, 6.45) is 3.26. The van der Waals surface area contributed by atoms with Crippen LogP contribution in [-0.2, 0) is 4.79 Å². The number of aromatic amines is 1. The van der Waals surface area contributed by atoms with E-state index < -0.39 is 0 Å². The summed E-state index contributed by atoms with van der Waals surface area (Å²) in [5.74, 6) is 0.276. The smallest absolute Gasteiger partial charge is 0.244 e. The van der Waals surface area contributed by atoms with Gasteiger partial charge in [0, 0.05) is 11.0 Å². The SMILES string of the molecule is CC(NC(=O)C=Cc1cccs1)c1nn[nH]n1. The van der Waals surface area contributed by atoms with Crippen LogP contribution in [0.5, 0.6) is 0 Å². The fraction of sp³-hybridized carbons (Fsp3) is 0.200. The Balaban J connectivity index is 1.89. The molecule has 0 aliphatic rings. The number of thiophene rings is 1. The highest BCUT2D eigenvalue weighted by Crippen LogP contribution is 2.10. The molecule has 0 saturated carbocycles. The lowest BCUT2D eigenvalue weighted by atomic mass is 10.3. The summed E-state index contributed by atoms with van der Waals surface area (Å²) in [6, 6.07) is 3.61. The van der Waals surface area contributed by atoms with Crippen molar-refractivity contribution in [2.45, 2.75) is 13.0 Å². The number of carbonyl (C=O) groups excluding carboxylic acids is 1. The van der Waals surface area contributed by atoms with Crippen molar-refractivity contribution in [3.05, 3.63) is 34.3 Å². The lowest BCUT2D eigenvalue weighted by molar-refractivity contribution is -0.117. The quantitative estimate of drug-likeness (QED) is 0.796. The van der Waals surface area contributed by atoms with E-state index in [1.807, 2.05) is 17.5 Å². The number of tetrazole rings is 1. The van der Waals surface area contributed by atoms with Gasteiger partial charge in [0.15, 0.2) is 5.82 Å². The lowest BCUT2D eigenvalue weighted by Gasteiger charge is -2.06. The average Bonchev–Trinajstić information content (AvgIpc) is 2.99. The van der Waals surface area contributed by atoms with Gasteiger partial charge in [-0.1, -0.05) is 11.3 Å². The van der Waals surface area contributed by atoms with Crippen molar-refractivity contribution in [3.8, 4) is 0 Å². The molecule has 2 rings (SSSR count). The minimum Gasteiger partial charge on any atom is -0.343 e. The van der Waals surface area contributed by atoms with Crippen LogP contribution in [0.3, 0.4) is 0 Å². The Hall–Kier alpha value is -2.02. The largest absolute Gasteiger partial charge is 0.343 e. The van der Waals surface area contributed by atoms with Gasteiger partial charge in [0.1, 0.15) is 0 Å². The molecule has 2 aromatic rings. The Labute approximate surface area is 102 Å². The number of rotatable bonds is 4. The average molecular weight is 249 g/mol. The maximum absolute atomic E-state index is 11.6. The Morgan fingerprint density at radius 1 is 1.65 bits per heavy atom. The van der Waals surface area contributed by atoms with Crippen molar-refractivity contribution in [1.29, 1.82) is 0 Å². The predicted octanol–water partition coefficient (Wildman–Crippen LogP) is 1.15. The molecule has 2 N–H and O–H groups in total. The summed E-state index contributed by atoms with van der Waals surface area (Å²) in [7, 11) is 0. The molecular weight excluding hydrogens is 238 g/mol. The predicted molar refractivity (Wildman–Crippen MR) is 64.1 cm³/mol. The van der Waals surface area contributed by atoms with Gasteiger partial charge < -0.3 is 5.32 Å². The molecule has 1 atom stereocenters. The molecule has 1 amide bonds. The number of carbonyl (C=O) groups is 1. The van der Waals surface area contributed by atoms with Crippen LogP contribution in [0.25, 0.3) is 6.08 Å². The summed E-state index contributed by atoms with van der Waals surface area (Å²) in [5, 5.41) is 18.1. The molecule has 0 saturated heterocycles. The first-order valence-electron chi connectivity index (χ1n) is 5.01. The number of amides is 1. The zero-order valence-corrected chi connectivity index (χ0v) is 9.94. The van der Waals surface area contributed by atoms with Crippen molar-refractivity contribution in [3.63, 3.8) is 0 Å². The molecule has 0 radical (unpaired) electrons. The number of hydrogen-bond acceptors (Lipinski definition) is 5. The number of H-pyrrole nitrogens is 1.